The van der Waals surface area contributed by atoms with Gasteiger partial charge in [-0.05, 0) is 35.9 Å². The van der Waals surface area contributed by atoms with Gasteiger partial charge in [-0.1, -0.05) is 30.3 Å². The molecule has 33 heavy (non-hydrogen) atoms. The highest BCUT2D eigenvalue weighted by atomic mass is 16.5. The average molecular weight is 445 g/mol. The Labute approximate surface area is 190 Å². The molecule has 0 atom stereocenters. The van der Waals surface area contributed by atoms with Gasteiger partial charge in [-0.2, -0.15) is 5.10 Å². The zero-order chi connectivity index (χ0) is 23.2. The summed E-state index contributed by atoms with van der Waals surface area (Å²) in [5, 5.41) is 5.11. The molecule has 0 radical (unpaired) electrons. The molecule has 0 aliphatic heterocycles. The zero-order valence-electron chi connectivity index (χ0n) is 18.3. The summed E-state index contributed by atoms with van der Waals surface area (Å²) in [5.74, 6) is 0.730. The molecule has 0 saturated heterocycles. The van der Waals surface area contributed by atoms with Crippen molar-refractivity contribution < 1.29 is 23.5 Å². The van der Waals surface area contributed by atoms with E-state index in [1.165, 1.54) is 7.11 Å². The normalized spacial score (nSPS) is 11.1. The summed E-state index contributed by atoms with van der Waals surface area (Å²) in [6, 6.07) is 18.5. The fourth-order valence-electron chi connectivity index (χ4n) is 3.53. The van der Waals surface area contributed by atoms with Crippen molar-refractivity contribution in [2.24, 2.45) is 5.10 Å². The first kappa shape index (κ1) is 21.9. The molecule has 4 rings (SSSR count). The van der Waals surface area contributed by atoms with Crippen LogP contribution in [0.1, 0.15) is 27.4 Å². The molecular weight excluding hydrogens is 422 g/mol. The molecule has 168 valence electrons. The molecule has 0 aliphatic rings. The standard InChI is InChI=1S/C25H23N3O5/c1-31-19-7-5-6-17(12-19)13-24(29)27-26-14-18-15-28(22-9-4-3-8-21(18)22)16-20-10-11-23(33-20)25(30)32-2/h3-12,14-15H,13,16H2,1-2H3,(H,27,29)/b26-14+. The summed E-state index contributed by atoms with van der Waals surface area (Å²) in [6.07, 6.45) is 3.73. The maximum absolute atomic E-state index is 12.3. The Morgan fingerprint density at radius 1 is 1.09 bits per heavy atom. The Morgan fingerprint density at radius 3 is 2.76 bits per heavy atom. The number of benzene rings is 2. The molecule has 0 aliphatic carbocycles. The number of furan rings is 1. The second-order valence-electron chi connectivity index (χ2n) is 7.31. The van der Waals surface area contributed by atoms with Crippen LogP contribution in [0.25, 0.3) is 10.9 Å². The van der Waals surface area contributed by atoms with Gasteiger partial charge in [0, 0.05) is 22.7 Å². The maximum Gasteiger partial charge on any atom is 0.373 e. The largest absolute Gasteiger partial charge is 0.497 e. The van der Waals surface area contributed by atoms with Crippen LogP contribution in [0.5, 0.6) is 5.75 Å². The van der Waals surface area contributed by atoms with E-state index in [1.54, 1.807) is 25.5 Å². The van der Waals surface area contributed by atoms with Crippen LogP contribution in [0.4, 0.5) is 0 Å². The molecule has 0 fully saturated rings. The van der Waals surface area contributed by atoms with Crippen molar-refractivity contribution in [2.45, 2.75) is 13.0 Å². The van der Waals surface area contributed by atoms with E-state index >= 15 is 0 Å². The van der Waals surface area contributed by atoms with Gasteiger partial charge in [0.05, 0.1) is 33.4 Å². The molecule has 1 N–H and O–H groups in total. The molecule has 0 saturated carbocycles. The minimum absolute atomic E-state index is 0.157. The molecule has 8 nitrogen and oxygen atoms in total. The number of nitrogens with one attached hydrogen (secondary N) is 1. The van der Waals surface area contributed by atoms with Gasteiger partial charge in [0.15, 0.2) is 0 Å². The molecular formula is C25H23N3O5. The molecule has 0 unspecified atom stereocenters. The van der Waals surface area contributed by atoms with E-state index < -0.39 is 5.97 Å². The summed E-state index contributed by atoms with van der Waals surface area (Å²) in [4.78, 5) is 23.9. The molecule has 2 aromatic carbocycles. The van der Waals surface area contributed by atoms with E-state index in [1.807, 2.05) is 59.3 Å². The first-order valence-electron chi connectivity index (χ1n) is 10.3. The molecule has 0 spiro atoms. The predicted molar refractivity (Wildman–Crippen MR) is 124 cm³/mol. The van der Waals surface area contributed by atoms with Crippen LogP contribution >= 0.6 is 0 Å². The van der Waals surface area contributed by atoms with Gasteiger partial charge in [0.2, 0.25) is 11.7 Å². The van der Waals surface area contributed by atoms with Crippen molar-refractivity contribution in [3.8, 4) is 5.75 Å². The zero-order valence-corrected chi connectivity index (χ0v) is 18.3. The maximum atomic E-state index is 12.3. The van der Waals surface area contributed by atoms with Crippen molar-refractivity contribution in [1.29, 1.82) is 0 Å². The van der Waals surface area contributed by atoms with E-state index in [0.717, 1.165) is 22.0 Å². The first-order chi connectivity index (χ1) is 16.1. The average Bonchev–Trinajstić information content (AvgIpc) is 3.44. The lowest BCUT2D eigenvalue weighted by atomic mass is 10.1. The fourth-order valence-corrected chi connectivity index (χ4v) is 3.53. The summed E-state index contributed by atoms with van der Waals surface area (Å²) in [6.45, 7) is 0.424. The van der Waals surface area contributed by atoms with E-state index in [0.29, 0.717) is 18.1 Å². The SMILES string of the molecule is COC(=O)c1ccc(Cn2cc(/C=N/NC(=O)Cc3cccc(OC)c3)c3ccccc32)o1. The highest BCUT2D eigenvalue weighted by Crippen LogP contribution is 2.22. The van der Waals surface area contributed by atoms with Crippen molar-refractivity contribution in [1.82, 2.24) is 9.99 Å². The highest BCUT2D eigenvalue weighted by Gasteiger charge is 2.13. The highest BCUT2D eigenvalue weighted by molar-refractivity contribution is 5.99. The Hall–Kier alpha value is -4.33. The van der Waals surface area contributed by atoms with Gasteiger partial charge in [-0.15, -0.1) is 0 Å². The fraction of sp³-hybridized carbons (Fsp3) is 0.160. The van der Waals surface area contributed by atoms with Crippen molar-refractivity contribution >= 4 is 29.0 Å². The van der Waals surface area contributed by atoms with Crippen LogP contribution in [-0.4, -0.2) is 36.9 Å². The van der Waals surface area contributed by atoms with Crippen molar-refractivity contribution in [3.63, 3.8) is 0 Å². The van der Waals surface area contributed by atoms with Crippen molar-refractivity contribution in [3.05, 3.63) is 89.5 Å². The number of aromatic nitrogens is 1. The Kier molecular flexibility index (Phi) is 6.54. The summed E-state index contributed by atoms with van der Waals surface area (Å²) in [7, 11) is 2.90. The third-order valence-electron chi connectivity index (χ3n) is 5.09. The third kappa shape index (κ3) is 5.12. The minimum Gasteiger partial charge on any atom is -0.497 e. The van der Waals surface area contributed by atoms with E-state index in [-0.39, 0.29) is 18.1 Å². The number of methoxy groups -OCH3 is 2. The van der Waals surface area contributed by atoms with Gasteiger partial charge in [-0.25, -0.2) is 10.2 Å². The lowest BCUT2D eigenvalue weighted by molar-refractivity contribution is -0.120. The van der Waals surface area contributed by atoms with E-state index in [2.05, 4.69) is 15.3 Å². The van der Waals surface area contributed by atoms with E-state index in [9.17, 15) is 9.59 Å². The third-order valence-corrected chi connectivity index (χ3v) is 5.09. The number of carbonyl (C=O) groups excluding carboxylic acids is 2. The number of carbonyl (C=O) groups is 2. The van der Waals surface area contributed by atoms with Crippen LogP contribution in [0, 0.1) is 0 Å². The predicted octanol–water partition coefficient (Wildman–Crippen LogP) is 3.77. The lowest BCUT2D eigenvalue weighted by Gasteiger charge is -2.03. The Bertz CT molecular complexity index is 1320. The number of fused-ring (bicyclic) bond motifs is 1. The van der Waals surface area contributed by atoms with Gasteiger partial charge in [-0.3, -0.25) is 4.79 Å². The summed E-state index contributed by atoms with van der Waals surface area (Å²) < 4.78 is 17.5. The smallest absolute Gasteiger partial charge is 0.373 e. The second kappa shape index (κ2) is 9.86. The molecule has 2 heterocycles. The van der Waals surface area contributed by atoms with Gasteiger partial charge in [0.1, 0.15) is 11.5 Å². The van der Waals surface area contributed by atoms with Crippen LogP contribution < -0.4 is 10.2 Å². The number of hydrogen-bond acceptors (Lipinski definition) is 6. The molecule has 4 aromatic rings. The lowest BCUT2D eigenvalue weighted by Crippen LogP contribution is -2.19. The molecule has 2 aromatic heterocycles. The monoisotopic (exact) mass is 445 g/mol. The summed E-state index contributed by atoms with van der Waals surface area (Å²) in [5.41, 5.74) is 5.22. The Balaban J connectivity index is 1.47. The van der Waals surface area contributed by atoms with E-state index in [4.69, 9.17) is 9.15 Å². The Morgan fingerprint density at radius 2 is 1.94 bits per heavy atom. The quantitative estimate of drug-likeness (QED) is 0.253. The number of hydrogen-bond donors (Lipinski definition) is 1. The number of nitrogens with zero attached hydrogens (tertiary/aromatic N) is 2. The summed E-state index contributed by atoms with van der Waals surface area (Å²) >= 11 is 0. The van der Waals surface area contributed by atoms with Gasteiger partial charge in [0.25, 0.3) is 0 Å². The van der Waals surface area contributed by atoms with Crippen LogP contribution in [0.15, 0.2) is 76.4 Å². The number of esters is 1. The van der Waals surface area contributed by atoms with Crippen LogP contribution in [0.3, 0.4) is 0 Å². The first-order valence-corrected chi connectivity index (χ1v) is 10.3. The molecule has 1 amide bonds. The van der Waals surface area contributed by atoms with Crippen molar-refractivity contribution in [2.75, 3.05) is 14.2 Å². The van der Waals surface area contributed by atoms with Gasteiger partial charge >= 0.3 is 5.97 Å². The second-order valence-corrected chi connectivity index (χ2v) is 7.31. The number of ether oxygens (including phenoxy) is 2. The molecule has 0 bridgehead atoms. The molecule has 8 heteroatoms. The minimum atomic E-state index is -0.517. The van der Waals surface area contributed by atoms with Crippen LogP contribution in [-0.2, 0) is 22.5 Å². The van der Waals surface area contributed by atoms with Gasteiger partial charge < -0.3 is 18.5 Å². The number of amides is 1. The number of rotatable bonds is 8. The van der Waals surface area contributed by atoms with Crippen LogP contribution in [0.2, 0.25) is 0 Å². The number of hydrazone groups is 1. The topological polar surface area (TPSA) is 95.1 Å². The number of para-hydroxylation sites is 1.